The third kappa shape index (κ3) is 3.47. The van der Waals surface area contributed by atoms with E-state index < -0.39 is 5.54 Å². The zero-order valence-electron chi connectivity index (χ0n) is 12.9. The van der Waals surface area contributed by atoms with E-state index in [1.165, 1.54) is 0 Å². The normalized spacial score (nSPS) is 25.6. The van der Waals surface area contributed by atoms with Crippen molar-refractivity contribution in [1.29, 1.82) is 0 Å². The second-order valence-electron chi connectivity index (χ2n) is 5.91. The Morgan fingerprint density at radius 1 is 1.43 bits per heavy atom. The number of hydrogen-bond donors (Lipinski definition) is 2. The van der Waals surface area contributed by atoms with Gasteiger partial charge in [0.25, 0.3) is 0 Å². The number of rotatable bonds is 5. The van der Waals surface area contributed by atoms with Crippen LogP contribution < -0.4 is 15.8 Å². The minimum absolute atomic E-state index is 0.0389. The third-order valence-corrected chi connectivity index (χ3v) is 4.10. The Labute approximate surface area is 125 Å². The Morgan fingerprint density at radius 2 is 2.10 bits per heavy atom. The highest BCUT2D eigenvalue weighted by molar-refractivity contribution is 5.88. The zero-order chi connectivity index (χ0) is 15.5. The van der Waals surface area contributed by atoms with E-state index in [0.29, 0.717) is 25.4 Å². The van der Waals surface area contributed by atoms with E-state index in [1.807, 2.05) is 24.3 Å². The number of carbonyl (C=O) groups excluding carboxylic acids is 1. The van der Waals surface area contributed by atoms with Crippen molar-refractivity contribution in [2.45, 2.75) is 38.3 Å². The summed E-state index contributed by atoms with van der Waals surface area (Å²) in [5, 5.41) is 3.32. The molecule has 5 heteroatoms. The monoisotopic (exact) mass is 292 g/mol. The first-order valence-corrected chi connectivity index (χ1v) is 7.30. The summed E-state index contributed by atoms with van der Waals surface area (Å²) in [6.45, 7) is 4.72. The van der Waals surface area contributed by atoms with Gasteiger partial charge in [-0.15, -0.1) is 0 Å². The van der Waals surface area contributed by atoms with E-state index in [1.54, 1.807) is 7.11 Å². The molecule has 3 N–H and O–H groups in total. The van der Waals surface area contributed by atoms with Crippen LogP contribution in [0.2, 0.25) is 0 Å². The summed E-state index contributed by atoms with van der Waals surface area (Å²) in [6.07, 6.45) is 1.21. The van der Waals surface area contributed by atoms with Crippen LogP contribution in [0.5, 0.6) is 5.75 Å². The SMILES string of the molecule is COc1ccc(NC2(C(N)=O)CCOC(C(C)C)C2)cc1. The first-order chi connectivity index (χ1) is 9.97. The fraction of sp³-hybridized carbons (Fsp3) is 0.562. The third-order valence-electron chi connectivity index (χ3n) is 4.10. The molecule has 1 aliphatic heterocycles. The van der Waals surface area contributed by atoms with Crippen LogP contribution in [0.15, 0.2) is 24.3 Å². The molecule has 1 aliphatic rings. The molecular formula is C16H24N2O3. The average molecular weight is 292 g/mol. The molecule has 5 nitrogen and oxygen atoms in total. The summed E-state index contributed by atoms with van der Waals surface area (Å²) in [5.74, 6) is 0.801. The minimum Gasteiger partial charge on any atom is -0.497 e. The lowest BCUT2D eigenvalue weighted by Crippen LogP contribution is -2.56. The van der Waals surface area contributed by atoms with Gasteiger partial charge >= 0.3 is 0 Å². The molecule has 0 saturated carbocycles. The van der Waals surface area contributed by atoms with Gasteiger partial charge in [-0.3, -0.25) is 4.79 Å². The summed E-state index contributed by atoms with van der Waals surface area (Å²) < 4.78 is 10.9. The Hall–Kier alpha value is -1.75. The van der Waals surface area contributed by atoms with Crippen LogP contribution in [0.3, 0.4) is 0 Å². The summed E-state index contributed by atoms with van der Waals surface area (Å²) in [6, 6.07) is 7.50. The fourth-order valence-electron chi connectivity index (χ4n) is 2.67. The van der Waals surface area contributed by atoms with Gasteiger partial charge in [-0.05, 0) is 30.2 Å². The van der Waals surface area contributed by atoms with E-state index >= 15 is 0 Å². The van der Waals surface area contributed by atoms with E-state index in [9.17, 15) is 4.79 Å². The Balaban J connectivity index is 2.19. The van der Waals surface area contributed by atoms with E-state index in [4.69, 9.17) is 15.2 Å². The van der Waals surface area contributed by atoms with Crippen LogP contribution in [0.4, 0.5) is 5.69 Å². The van der Waals surface area contributed by atoms with Gasteiger partial charge in [0, 0.05) is 25.1 Å². The highest BCUT2D eigenvalue weighted by Crippen LogP contribution is 2.32. The number of methoxy groups -OCH3 is 1. The van der Waals surface area contributed by atoms with Crippen LogP contribution in [0, 0.1) is 5.92 Å². The van der Waals surface area contributed by atoms with Crippen LogP contribution in [-0.4, -0.2) is 31.3 Å². The highest BCUT2D eigenvalue weighted by Gasteiger charge is 2.42. The van der Waals surface area contributed by atoms with Crippen molar-refractivity contribution >= 4 is 11.6 Å². The lowest BCUT2D eigenvalue weighted by molar-refractivity contribution is -0.128. The first kappa shape index (κ1) is 15.6. The van der Waals surface area contributed by atoms with Crippen molar-refractivity contribution in [2.24, 2.45) is 11.7 Å². The number of carbonyl (C=O) groups is 1. The molecule has 1 aromatic carbocycles. The van der Waals surface area contributed by atoms with Gasteiger partial charge in [0.15, 0.2) is 0 Å². The number of nitrogens with one attached hydrogen (secondary N) is 1. The molecular weight excluding hydrogens is 268 g/mol. The molecule has 1 saturated heterocycles. The number of ether oxygens (including phenoxy) is 2. The Morgan fingerprint density at radius 3 is 2.62 bits per heavy atom. The summed E-state index contributed by atoms with van der Waals surface area (Å²) in [4.78, 5) is 12.1. The molecule has 1 aromatic rings. The van der Waals surface area contributed by atoms with Crippen LogP contribution in [0.25, 0.3) is 0 Å². The molecule has 2 unspecified atom stereocenters. The lowest BCUT2D eigenvalue weighted by atomic mass is 9.82. The van der Waals surface area contributed by atoms with Gasteiger partial charge in [-0.1, -0.05) is 13.8 Å². The molecule has 1 amide bonds. The van der Waals surface area contributed by atoms with Gasteiger partial charge in [-0.2, -0.15) is 0 Å². The number of nitrogens with two attached hydrogens (primary N) is 1. The van der Waals surface area contributed by atoms with Crippen molar-refractivity contribution in [3.63, 3.8) is 0 Å². The second-order valence-corrected chi connectivity index (χ2v) is 5.91. The number of hydrogen-bond acceptors (Lipinski definition) is 4. The molecule has 21 heavy (non-hydrogen) atoms. The summed E-state index contributed by atoms with van der Waals surface area (Å²) in [5.41, 5.74) is 5.80. The molecule has 0 radical (unpaired) electrons. The molecule has 2 rings (SSSR count). The standard InChI is InChI=1S/C16H24N2O3/c1-11(2)14-10-16(15(17)19,8-9-21-14)18-12-4-6-13(20-3)7-5-12/h4-7,11,14,18H,8-10H2,1-3H3,(H2,17,19). The van der Waals surface area contributed by atoms with Crippen LogP contribution in [0.1, 0.15) is 26.7 Å². The van der Waals surface area contributed by atoms with Gasteiger partial charge < -0.3 is 20.5 Å². The predicted octanol–water partition coefficient (Wildman–Crippen LogP) is 2.17. The molecule has 1 fully saturated rings. The van der Waals surface area contributed by atoms with Crippen LogP contribution >= 0.6 is 0 Å². The van der Waals surface area contributed by atoms with Crippen molar-refractivity contribution in [3.05, 3.63) is 24.3 Å². The van der Waals surface area contributed by atoms with Crippen LogP contribution in [-0.2, 0) is 9.53 Å². The van der Waals surface area contributed by atoms with Gasteiger partial charge in [0.1, 0.15) is 11.3 Å². The quantitative estimate of drug-likeness (QED) is 0.872. The van der Waals surface area contributed by atoms with Gasteiger partial charge in [0.05, 0.1) is 13.2 Å². The molecule has 2 atom stereocenters. The molecule has 0 spiro atoms. The van der Waals surface area contributed by atoms with Crippen molar-refractivity contribution < 1.29 is 14.3 Å². The fourth-order valence-corrected chi connectivity index (χ4v) is 2.67. The summed E-state index contributed by atoms with van der Waals surface area (Å²) in [7, 11) is 1.62. The average Bonchev–Trinajstić information content (AvgIpc) is 2.48. The van der Waals surface area contributed by atoms with Crippen molar-refractivity contribution in [2.75, 3.05) is 19.0 Å². The van der Waals surface area contributed by atoms with E-state index in [-0.39, 0.29) is 12.0 Å². The maximum Gasteiger partial charge on any atom is 0.243 e. The second kappa shape index (κ2) is 6.35. The summed E-state index contributed by atoms with van der Waals surface area (Å²) >= 11 is 0. The molecule has 0 bridgehead atoms. The van der Waals surface area contributed by atoms with Gasteiger partial charge in [0.2, 0.25) is 5.91 Å². The Bertz CT molecular complexity index is 487. The molecule has 0 aromatic heterocycles. The number of anilines is 1. The molecule has 116 valence electrons. The van der Waals surface area contributed by atoms with Crippen molar-refractivity contribution in [3.8, 4) is 5.75 Å². The Kier molecular flexibility index (Phi) is 4.73. The van der Waals surface area contributed by atoms with Gasteiger partial charge in [-0.25, -0.2) is 0 Å². The maximum absolute atomic E-state index is 12.1. The zero-order valence-corrected chi connectivity index (χ0v) is 12.9. The maximum atomic E-state index is 12.1. The number of benzene rings is 1. The largest absolute Gasteiger partial charge is 0.497 e. The molecule has 1 heterocycles. The lowest BCUT2D eigenvalue weighted by Gasteiger charge is -2.41. The number of amides is 1. The topological polar surface area (TPSA) is 73.6 Å². The van der Waals surface area contributed by atoms with Crippen molar-refractivity contribution in [1.82, 2.24) is 0 Å². The van der Waals surface area contributed by atoms with E-state index in [2.05, 4.69) is 19.2 Å². The smallest absolute Gasteiger partial charge is 0.243 e. The first-order valence-electron chi connectivity index (χ1n) is 7.30. The number of primary amides is 1. The molecule has 0 aliphatic carbocycles. The van der Waals surface area contributed by atoms with E-state index in [0.717, 1.165) is 11.4 Å². The predicted molar refractivity (Wildman–Crippen MR) is 82.4 cm³/mol. The highest BCUT2D eigenvalue weighted by atomic mass is 16.5. The minimum atomic E-state index is -0.748.